The molecule has 5 heteroatoms. The molecule has 4 nitrogen and oxygen atoms in total. The molecule has 0 spiro atoms. The van der Waals surface area contributed by atoms with Crippen LogP contribution >= 0.6 is 15.9 Å². The molecule has 0 aliphatic rings. The van der Waals surface area contributed by atoms with Gasteiger partial charge in [-0.3, -0.25) is 0 Å². The maximum Gasteiger partial charge on any atom is 0.231 e. The highest BCUT2D eigenvalue weighted by Gasteiger charge is 2.26. The molecule has 0 aliphatic heterocycles. The molecule has 2 aromatic rings. The fourth-order valence-corrected chi connectivity index (χ4v) is 2.63. The molecule has 0 aliphatic carbocycles. The van der Waals surface area contributed by atoms with Gasteiger partial charge in [-0.2, -0.15) is 4.98 Å². The van der Waals surface area contributed by atoms with Crippen molar-refractivity contribution >= 4 is 15.9 Å². The van der Waals surface area contributed by atoms with Crippen LogP contribution in [0.1, 0.15) is 32.6 Å². The van der Waals surface area contributed by atoms with E-state index < -0.39 is 0 Å². The average Bonchev–Trinajstić information content (AvgIpc) is 2.77. The summed E-state index contributed by atoms with van der Waals surface area (Å²) in [7, 11) is 0. The zero-order valence-electron chi connectivity index (χ0n) is 11.3. The SMILES string of the molecule is CC(C)C(c1nc(-c2cccc(Br)c2)no1)C(C)N. The number of rotatable bonds is 4. The fourth-order valence-electron chi connectivity index (χ4n) is 2.23. The summed E-state index contributed by atoms with van der Waals surface area (Å²) in [5, 5.41) is 4.05. The summed E-state index contributed by atoms with van der Waals surface area (Å²) in [6.07, 6.45) is 0. The van der Waals surface area contributed by atoms with Crippen molar-refractivity contribution in [2.45, 2.75) is 32.7 Å². The topological polar surface area (TPSA) is 64.9 Å². The van der Waals surface area contributed by atoms with E-state index in [9.17, 15) is 0 Å². The summed E-state index contributed by atoms with van der Waals surface area (Å²) in [6, 6.07) is 7.81. The Morgan fingerprint density at radius 1 is 1.26 bits per heavy atom. The van der Waals surface area contributed by atoms with Gasteiger partial charge >= 0.3 is 0 Å². The minimum atomic E-state index is -0.0178. The van der Waals surface area contributed by atoms with E-state index in [2.05, 4.69) is 39.9 Å². The normalized spacial score (nSPS) is 14.6. The number of nitrogens with two attached hydrogens (primary N) is 1. The lowest BCUT2D eigenvalue weighted by Gasteiger charge is -2.20. The summed E-state index contributed by atoms with van der Waals surface area (Å²) in [4.78, 5) is 4.49. The van der Waals surface area contributed by atoms with E-state index in [0.717, 1.165) is 10.0 Å². The van der Waals surface area contributed by atoms with Crippen molar-refractivity contribution in [3.05, 3.63) is 34.6 Å². The molecule has 0 radical (unpaired) electrons. The predicted octanol–water partition coefficient (Wildman–Crippen LogP) is 3.59. The lowest BCUT2D eigenvalue weighted by molar-refractivity contribution is 0.300. The van der Waals surface area contributed by atoms with Crippen molar-refractivity contribution in [1.29, 1.82) is 0 Å². The molecular formula is C14H18BrN3O. The summed E-state index contributed by atoms with van der Waals surface area (Å²) in [5.74, 6) is 1.65. The Labute approximate surface area is 121 Å². The molecule has 2 atom stereocenters. The predicted molar refractivity (Wildman–Crippen MR) is 78.7 cm³/mol. The minimum Gasteiger partial charge on any atom is -0.339 e. The first-order valence-electron chi connectivity index (χ1n) is 6.34. The van der Waals surface area contributed by atoms with Crippen molar-refractivity contribution in [3.8, 4) is 11.4 Å². The average molecular weight is 324 g/mol. The van der Waals surface area contributed by atoms with Crippen LogP contribution in [0.4, 0.5) is 0 Å². The maximum absolute atomic E-state index is 6.01. The highest BCUT2D eigenvalue weighted by Crippen LogP contribution is 2.28. The lowest BCUT2D eigenvalue weighted by Crippen LogP contribution is -2.28. The first-order chi connectivity index (χ1) is 8.99. The Hall–Kier alpha value is -1.20. The molecule has 19 heavy (non-hydrogen) atoms. The fraction of sp³-hybridized carbons (Fsp3) is 0.429. The lowest BCUT2D eigenvalue weighted by atomic mass is 9.90. The van der Waals surface area contributed by atoms with Crippen molar-refractivity contribution < 1.29 is 4.52 Å². The van der Waals surface area contributed by atoms with Gasteiger partial charge < -0.3 is 10.3 Å². The number of hydrogen-bond acceptors (Lipinski definition) is 4. The van der Waals surface area contributed by atoms with Crippen molar-refractivity contribution in [3.63, 3.8) is 0 Å². The smallest absolute Gasteiger partial charge is 0.231 e. The van der Waals surface area contributed by atoms with E-state index in [1.807, 2.05) is 31.2 Å². The van der Waals surface area contributed by atoms with Gasteiger partial charge in [-0.1, -0.05) is 47.1 Å². The summed E-state index contributed by atoms with van der Waals surface area (Å²) in [6.45, 7) is 6.18. The largest absolute Gasteiger partial charge is 0.339 e. The Morgan fingerprint density at radius 2 is 2.00 bits per heavy atom. The van der Waals surface area contributed by atoms with Gasteiger partial charge in [0.25, 0.3) is 0 Å². The molecule has 2 rings (SSSR count). The van der Waals surface area contributed by atoms with Crippen LogP contribution in [0.2, 0.25) is 0 Å². The van der Waals surface area contributed by atoms with Gasteiger partial charge in [-0.15, -0.1) is 0 Å². The van der Waals surface area contributed by atoms with Crippen LogP contribution in [0.3, 0.4) is 0 Å². The summed E-state index contributed by atoms with van der Waals surface area (Å²) >= 11 is 3.44. The Kier molecular flexibility index (Phi) is 4.37. The van der Waals surface area contributed by atoms with Crippen LogP contribution in [-0.2, 0) is 0 Å². The van der Waals surface area contributed by atoms with E-state index in [0.29, 0.717) is 17.6 Å². The molecule has 102 valence electrons. The Morgan fingerprint density at radius 3 is 2.58 bits per heavy atom. The number of aromatic nitrogens is 2. The molecule has 0 amide bonds. The van der Waals surface area contributed by atoms with Crippen molar-refractivity contribution in [2.75, 3.05) is 0 Å². The van der Waals surface area contributed by atoms with Crippen LogP contribution < -0.4 is 5.73 Å². The van der Waals surface area contributed by atoms with Crippen molar-refractivity contribution in [2.24, 2.45) is 11.7 Å². The Bertz CT molecular complexity index is 543. The molecular weight excluding hydrogens is 306 g/mol. The highest BCUT2D eigenvalue weighted by molar-refractivity contribution is 9.10. The van der Waals surface area contributed by atoms with Gasteiger partial charge in [0.1, 0.15) is 0 Å². The molecule has 2 N–H and O–H groups in total. The number of benzene rings is 1. The monoisotopic (exact) mass is 323 g/mol. The highest BCUT2D eigenvalue weighted by atomic mass is 79.9. The van der Waals surface area contributed by atoms with Crippen LogP contribution in [0, 0.1) is 5.92 Å². The number of hydrogen-bond donors (Lipinski definition) is 1. The zero-order valence-corrected chi connectivity index (χ0v) is 12.9. The van der Waals surface area contributed by atoms with Gasteiger partial charge in [-0.25, -0.2) is 0 Å². The van der Waals surface area contributed by atoms with Gasteiger partial charge in [0.2, 0.25) is 11.7 Å². The standard InChI is InChI=1S/C14H18BrN3O/c1-8(2)12(9(3)16)14-17-13(18-19-14)10-5-4-6-11(15)7-10/h4-9,12H,16H2,1-3H3. The minimum absolute atomic E-state index is 0.0178. The Balaban J connectivity index is 2.33. The first kappa shape index (κ1) is 14.2. The van der Waals surface area contributed by atoms with E-state index in [-0.39, 0.29) is 12.0 Å². The van der Waals surface area contributed by atoms with Crippen LogP contribution in [0.15, 0.2) is 33.3 Å². The third kappa shape index (κ3) is 3.22. The van der Waals surface area contributed by atoms with Gasteiger partial charge in [-0.05, 0) is 25.0 Å². The molecule has 1 aromatic heterocycles. The summed E-state index contributed by atoms with van der Waals surface area (Å²) < 4.78 is 6.38. The molecule has 1 aromatic carbocycles. The zero-order chi connectivity index (χ0) is 14.0. The molecule has 0 saturated carbocycles. The first-order valence-corrected chi connectivity index (χ1v) is 7.13. The second-order valence-corrected chi connectivity index (χ2v) is 6.01. The van der Waals surface area contributed by atoms with E-state index in [1.165, 1.54) is 0 Å². The number of halogens is 1. The summed E-state index contributed by atoms with van der Waals surface area (Å²) in [5.41, 5.74) is 6.93. The second-order valence-electron chi connectivity index (χ2n) is 5.10. The van der Waals surface area contributed by atoms with Crippen LogP contribution in [-0.4, -0.2) is 16.2 Å². The third-order valence-electron chi connectivity index (χ3n) is 3.09. The number of nitrogens with zero attached hydrogens (tertiary/aromatic N) is 2. The van der Waals surface area contributed by atoms with Gasteiger partial charge in [0.15, 0.2) is 0 Å². The molecule has 2 unspecified atom stereocenters. The molecule has 0 fully saturated rings. The molecule has 0 bridgehead atoms. The van der Waals surface area contributed by atoms with Gasteiger partial charge in [0.05, 0.1) is 5.92 Å². The maximum atomic E-state index is 6.01. The second kappa shape index (κ2) is 5.84. The van der Waals surface area contributed by atoms with E-state index in [4.69, 9.17) is 10.3 Å². The quantitative estimate of drug-likeness (QED) is 0.933. The molecule has 0 saturated heterocycles. The van der Waals surface area contributed by atoms with E-state index in [1.54, 1.807) is 0 Å². The van der Waals surface area contributed by atoms with Crippen LogP contribution in [0.25, 0.3) is 11.4 Å². The van der Waals surface area contributed by atoms with Crippen molar-refractivity contribution in [1.82, 2.24) is 10.1 Å². The third-order valence-corrected chi connectivity index (χ3v) is 3.59. The molecule has 1 heterocycles. The van der Waals surface area contributed by atoms with E-state index >= 15 is 0 Å². The van der Waals surface area contributed by atoms with Crippen LogP contribution in [0.5, 0.6) is 0 Å². The van der Waals surface area contributed by atoms with Gasteiger partial charge in [0, 0.05) is 16.1 Å².